The molecular formula is C18H26N2O3. The van der Waals surface area contributed by atoms with Gasteiger partial charge in [0.05, 0.1) is 5.92 Å². The van der Waals surface area contributed by atoms with Crippen LogP contribution in [0.3, 0.4) is 0 Å². The van der Waals surface area contributed by atoms with Crippen LogP contribution < -0.4 is 5.32 Å². The molecule has 1 aromatic rings. The van der Waals surface area contributed by atoms with Gasteiger partial charge in [-0.2, -0.15) is 0 Å². The van der Waals surface area contributed by atoms with Crippen LogP contribution in [0.15, 0.2) is 18.2 Å². The van der Waals surface area contributed by atoms with Crippen molar-refractivity contribution in [2.45, 2.75) is 46.1 Å². The lowest BCUT2D eigenvalue weighted by molar-refractivity contribution is -0.143. The smallest absolute Gasteiger partial charge is 0.317 e. The maximum absolute atomic E-state index is 12.3. The highest BCUT2D eigenvalue weighted by atomic mass is 16.4. The second kappa shape index (κ2) is 7.49. The third-order valence-corrected chi connectivity index (χ3v) is 4.32. The van der Waals surface area contributed by atoms with E-state index in [0.717, 1.165) is 6.42 Å². The third-order valence-electron chi connectivity index (χ3n) is 4.32. The summed E-state index contributed by atoms with van der Waals surface area (Å²) >= 11 is 0. The summed E-state index contributed by atoms with van der Waals surface area (Å²) in [6, 6.07) is 6.38. The first kappa shape index (κ1) is 17.3. The number of urea groups is 1. The topological polar surface area (TPSA) is 69.6 Å². The van der Waals surface area contributed by atoms with Crippen LogP contribution in [0.4, 0.5) is 4.79 Å². The molecule has 0 spiro atoms. The number of amides is 2. The van der Waals surface area contributed by atoms with Crippen molar-refractivity contribution in [3.05, 3.63) is 34.9 Å². The van der Waals surface area contributed by atoms with Gasteiger partial charge in [-0.25, -0.2) is 4.79 Å². The quantitative estimate of drug-likeness (QED) is 0.897. The molecule has 23 heavy (non-hydrogen) atoms. The second-order valence-electron chi connectivity index (χ2n) is 6.65. The van der Waals surface area contributed by atoms with Crippen molar-refractivity contribution < 1.29 is 14.7 Å². The van der Waals surface area contributed by atoms with Crippen molar-refractivity contribution in [2.75, 3.05) is 13.1 Å². The van der Waals surface area contributed by atoms with Gasteiger partial charge in [0, 0.05) is 19.1 Å². The fourth-order valence-corrected chi connectivity index (χ4v) is 3.22. The van der Waals surface area contributed by atoms with E-state index >= 15 is 0 Å². The van der Waals surface area contributed by atoms with Gasteiger partial charge < -0.3 is 15.3 Å². The fourth-order valence-electron chi connectivity index (χ4n) is 3.22. The minimum atomic E-state index is -0.756. The molecule has 2 rings (SSSR count). The molecule has 1 aromatic carbocycles. The Morgan fingerprint density at radius 2 is 1.78 bits per heavy atom. The molecule has 0 radical (unpaired) electrons. The molecule has 0 aliphatic carbocycles. The Balaban J connectivity index is 1.84. The number of rotatable bonds is 4. The Morgan fingerprint density at radius 3 is 2.30 bits per heavy atom. The highest BCUT2D eigenvalue weighted by Gasteiger charge is 2.27. The van der Waals surface area contributed by atoms with Gasteiger partial charge in [-0.3, -0.25) is 4.79 Å². The first-order valence-electron chi connectivity index (χ1n) is 8.20. The SMILES string of the molecule is Cc1cc(C)cc(CC(C)NC(=O)N2CCC(C(=O)O)CC2)c1. The average molecular weight is 318 g/mol. The first-order chi connectivity index (χ1) is 10.8. The number of hydrogen-bond donors (Lipinski definition) is 2. The van der Waals surface area contributed by atoms with Crippen molar-refractivity contribution in [1.82, 2.24) is 10.2 Å². The Morgan fingerprint density at radius 1 is 1.22 bits per heavy atom. The number of carbonyl (C=O) groups is 2. The molecule has 1 fully saturated rings. The van der Waals surface area contributed by atoms with Gasteiger partial charge in [0.15, 0.2) is 0 Å². The molecule has 2 N–H and O–H groups in total. The van der Waals surface area contributed by atoms with E-state index in [1.54, 1.807) is 4.90 Å². The molecule has 0 aromatic heterocycles. The number of nitrogens with one attached hydrogen (secondary N) is 1. The molecule has 1 heterocycles. The minimum absolute atomic E-state index is 0.0425. The highest BCUT2D eigenvalue weighted by Crippen LogP contribution is 2.17. The van der Waals surface area contributed by atoms with E-state index in [-0.39, 0.29) is 18.0 Å². The molecule has 1 aliphatic rings. The summed E-state index contributed by atoms with van der Waals surface area (Å²) in [6.07, 6.45) is 1.86. The number of carboxylic acid groups (broad SMARTS) is 1. The van der Waals surface area contributed by atoms with Gasteiger partial charge in [-0.05, 0) is 45.6 Å². The van der Waals surface area contributed by atoms with Crippen molar-refractivity contribution in [2.24, 2.45) is 5.92 Å². The zero-order valence-corrected chi connectivity index (χ0v) is 14.1. The molecule has 126 valence electrons. The molecule has 5 nitrogen and oxygen atoms in total. The molecule has 0 saturated carbocycles. The van der Waals surface area contributed by atoms with Gasteiger partial charge in [0.2, 0.25) is 0 Å². The fraction of sp³-hybridized carbons (Fsp3) is 0.556. The summed E-state index contributed by atoms with van der Waals surface area (Å²) in [7, 11) is 0. The Labute approximate surface area is 137 Å². The molecule has 1 atom stereocenters. The van der Waals surface area contributed by atoms with Gasteiger partial charge in [-0.1, -0.05) is 29.3 Å². The average Bonchev–Trinajstić information content (AvgIpc) is 2.45. The number of nitrogens with zero attached hydrogens (tertiary/aromatic N) is 1. The number of carboxylic acids is 1. The molecule has 0 bridgehead atoms. The lowest BCUT2D eigenvalue weighted by atomic mass is 9.97. The van der Waals surface area contributed by atoms with E-state index in [9.17, 15) is 9.59 Å². The van der Waals surface area contributed by atoms with Gasteiger partial charge in [-0.15, -0.1) is 0 Å². The maximum Gasteiger partial charge on any atom is 0.317 e. The molecule has 1 unspecified atom stereocenters. The number of carbonyl (C=O) groups excluding carboxylic acids is 1. The number of aryl methyl sites for hydroxylation is 2. The van der Waals surface area contributed by atoms with Crippen LogP contribution in [0.1, 0.15) is 36.5 Å². The minimum Gasteiger partial charge on any atom is -0.481 e. The lowest BCUT2D eigenvalue weighted by Crippen LogP contribution is -2.48. The van der Waals surface area contributed by atoms with E-state index in [4.69, 9.17) is 5.11 Å². The van der Waals surface area contributed by atoms with Crippen LogP contribution in [0.5, 0.6) is 0 Å². The third kappa shape index (κ3) is 4.98. The van der Waals surface area contributed by atoms with Gasteiger partial charge in [0.25, 0.3) is 0 Å². The van der Waals surface area contributed by atoms with Crippen molar-refractivity contribution in [3.8, 4) is 0 Å². The van der Waals surface area contributed by atoms with E-state index in [0.29, 0.717) is 25.9 Å². The summed E-state index contributed by atoms with van der Waals surface area (Å²) in [5.41, 5.74) is 3.68. The van der Waals surface area contributed by atoms with Gasteiger partial charge in [0.1, 0.15) is 0 Å². The van der Waals surface area contributed by atoms with E-state index in [1.807, 2.05) is 6.92 Å². The summed E-state index contributed by atoms with van der Waals surface area (Å²) in [5, 5.41) is 12.0. The predicted molar refractivity (Wildman–Crippen MR) is 89.5 cm³/mol. The van der Waals surface area contributed by atoms with E-state index < -0.39 is 5.97 Å². The Bertz CT molecular complexity index is 557. The number of aliphatic carboxylic acids is 1. The van der Waals surface area contributed by atoms with E-state index in [1.165, 1.54) is 16.7 Å². The van der Waals surface area contributed by atoms with Crippen LogP contribution in [0.2, 0.25) is 0 Å². The zero-order chi connectivity index (χ0) is 17.0. The van der Waals surface area contributed by atoms with Crippen LogP contribution in [-0.4, -0.2) is 41.1 Å². The molecule has 5 heteroatoms. The molecular weight excluding hydrogens is 292 g/mol. The standard InChI is InChI=1S/C18H26N2O3/c1-12-8-13(2)10-15(9-12)11-14(3)19-18(23)20-6-4-16(5-7-20)17(21)22/h8-10,14,16H,4-7,11H2,1-3H3,(H,19,23)(H,21,22). The summed E-state index contributed by atoms with van der Waals surface area (Å²) in [5.74, 6) is -1.07. The normalized spacial score (nSPS) is 16.9. The number of hydrogen-bond acceptors (Lipinski definition) is 2. The van der Waals surface area contributed by atoms with Crippen molar-refractivity contribution >= 4 is 12.0 Å². The number of piperidine rings is 1. The van der Waals surface area contributed by atoms with Crippen LogP contribution in [0, 0.1) is 19.8 Å². The summed E-state index contributed by atoms with van der Waals surface area (Å²) < 4.78 is 0. The van der Waals surface area contributed by atoms with Crippen LogP contribution in [0.25, 0.3) is 0 Å². The highest BCUT2D eigenvalue weighted by molar-refractivity contribution is 5.75. The predicted octanol–water partition coefficient (Wildman–Crippen LogP) is 2.74. The van der Waals surface area contributed by atoms with E-state index in [2.05, 4.69) is 37.4 Å². The molecule has 2 amide bonds. The monoisotopic (exact) mass is 318 g/mol. The van der Waals surface area contributed by atoms with Gasteiger partial charge >= 0.3 is 12.0 Å². The largest absolute Gasteiger partial charge is 0.481 e. The Kier molecular flexibility index (Phi) is 5.64. The lowest BCUT2D eigenvalue weighted by Gasteiger charge is -2.31. The first-order valence-corrected chi connectivity index (χ1v) is 8.20. The molecule has 1 aliphatic heterocycles. The maximum atomic E-state index is 12.3. The summed E-state index contributed by atoms with van der Waals surface area (Å²) in [4.78, 5) is 24.9. The zero-order valence-electron chi connectivity index (χ0n) is 14.1. The number of likely N-dealkylation sites (tertiary alicyclic amines) is 1. The summed E-state index contributed by atoms with van der Waals surface area (Å²) in [6.45, 7) is 7.18. The molecule has 1 saturated heterocycles. The number of benzene rings is 1. The van der Waals surface area contributed by atoms with Crippen molar-refractivity contribution in [1.29, 1.82) is 0 Å². The van der Waals surface area contributed by atoms with Crippen LogP contribution >= 0.6 is 0 Å². The second-order valence-corrected chi connectivity index (χ2v) is 6.65. The van der Waals surface area contributed by atoms with Crippen molar-refractivity contribution in [3.63, 3.8) is 0 Å². The van der Waals surface area contributed by atoms with Crippen LogP contribution in [-0.2, 0) is 11.2 Å². The Hall–Kier alpha value is -2.04.